The first-order valence-corrected chi connectivity index (χ1v) is 9.50. The third-order valence-corrected chi connectivity index (χ3v) is 5.55. The Balaban J connectivity index is 1.41. The highest BCUT2D eigenvalue weighted by atomic mass is 16.3. The predicted molar refractivity (Wildman–Crippen MR) is 93.9 cm³/mol. The fourth-order valence-electron chi connectivity index (χ4n) is 3.67. The largest absolute Gasteiger partial charge is 0.392 e. The minimum absolute atomic E-state index is 0.0155. The number of aliphatic hydroxyl groups excluding tert-OH is 1. The zero-order chi connectivity index (χ0) is 17.4. The van der Waals surface area contributed by atoms with Gasteiger partial charge in [0.2, 0.25) is 5.91 Å². The summed E-state index contributed by atoms with van der Waals surface area (Å²) >= 11 is 0. The second-order valence-corrected chi connectivity index (χ2v) is 7.75. The van der Waals surface area contributed by atoms with E-state index in [0.29, 0.717) is 24.2 Å². The molecule has 134 valence electrons. The first-order valence-electron chi connectivity index (χ1n) is 9.50. The van der Waals surface area contributed by atoms with Crippen LogP contribution in [0, 0.1) is 5.92 Å². The van der Waals surface area contributed by atoms with Gasteiger partial charge in [0.25, 0.3) is 5.91 Å². The number of carbonyl (C=O) groups is 2. The molecule has 3 aliphatic carbocycles. The summed E-state index contributed by atoms with van der Waals surface area (Å²) in [5, 5.41) is 13.0. The normalized spacial score (nSPS) is 25.6. The van der Waals surface area contributed by atoms with E-state index in [2.05, 4.69) is 5.32 Å². The Kier molecular flexibility index (Phi) is 4.50. The number of aliphatic hydroxyl groups is 1. The minimum atomic E-state index is -0.484. The molecule has 1 aromatic rings. The molecule has 2 amide bonds. The van der Waals surface area contributed by atoms with E-state index < -0.39 is 6.10 Å². The molecule has 2 atom stereocenters. The molecule has 3 fully saturated rings. The van der Waals surface area contributed by atoms with Gasteiger partial charge in [0.05, 0.1) is 12.0 Å². The monoisotopic (exact) mass is 342 g/mol. The van der Waals surface area contributed by atoms with Crippen molar-refractivity contribution >= 4 is 11.8 Å². The van der Waals surface area contributed by atoms with Crippen LogP contribution in [0.4, 0.5) is 0 Å². The van der Waals surface area contributed by atoms with E-state index in [0.717, 1.165) is 50.5 Å². The van der Waals surface area contributed by atoms with Gasteiger partial charge in [0.1, 0.15) is 0 Å². The predicted octanol–water partition coefficient (Wildman–Crippen LogP) is 2.23. The van der Waals surface area contributed by atoms with Crippen molar-refractivity contribution in [2.75, 3.05) is 0 Å². The second-order valence-electron chi connectivity index (χ2n) is 7.75. The van der Waals surface area contributed by atoms with Gasteiger partial charge in [-0.25, -0.2) is 0 Å². The standard InChI is InChI=1S/C20H26N2O3/c23-18-3-1-2-17(18)20(25)22(16-10-11-16)12-13-4-6-14(7-5-13)19(24)21-15-8-9-15/h4-7,15-18,23H,1-3,8-12H2,(H,21,24)/t17-,18+/m0/s1. The summed E-state index contributed by atoms with van der Waals surface area (Å²) in [4.78, 5) is 26.9. The summed E-state index contributed by atoms with van der Waals surface area (Å²) in [5.41, 5.74) is 1.71. The van der Waals surface area contributed by atoms with Gasteiger partial charge in [-0.1, -0.05) is 12.1 Å². The van der Waals surface area contributed by atoms with Crippen molar-refractivity contribution in [2.24, 2.45) is 5.92 Å². The fraction of sp³-hybridized carbons (Fsp3) is 0.600. The Morgan fingerprint density at radius 2 is 1.76 bits per heavy atom. The summed E-state index contributed by atoms with van der Waals surface area (Å²) < 4.78 is 0. The second kappa shape index (κ2) is 6.79. The number of benzene rings is 1. The molecule has 3 aliphatic rings. The molecule has 0 spiro atoms. The van der Waals surface area contributed by atoms with Gasteiger partial charge < -0.3 is 15.3 Å². The van der Waals surface area contributed by atoms with Crippen molar-refractivity contribution in [2.45, 2.75) is 69.7 Å². The van der Waals surface area contributed by atoms with Gasteiger partial charge in [-0.15, -0.1) is 0 Å². The van der Waals surface area contributed by atoms with Crippen LogP contribution in [0.15, 0.2) is 24.3 Å². The Morgan fingerprint density at radius 1 is 1.04 bits per heavy atom. The van der Waals surface area contributed by atoms with E-state index in [1.54, 1.807) is 0 Å². The van der Waals surface area contributed by atoms with Crippen LogP contribution < -0.4 is 5.32 Å². The van der Waals surface area contributed by atoms with Crippen molar-refractivity contribution in [3.63, 3.8) is 0 Å². The first kappa shape index (κ1) is 16.6. The molecule has 3 saturated carbocycles. The maximum absolute atomic E-state index is 12.8. The lowest BCUT2D eigenvalue weighted by Crippen LogP contribution is -2.40. The van der Waals surface area contributed by atoms with Gasteiger partial charge in [0.15, 0.2) is 0 Å². The smallest absolute Gasteiger partial charge is 0.251 e. The molecule has 2 N–H and O–H groups in total. The number of nitrogens with zero attached hydrogens (tertiary/aromatic N) is 1. The Bertz CT molecular complexity index is 649. The van der Waals surface area contributed by atoms with Gasteiger partial charge in [0, 0.05) is 24.2 Å². The number of hydrogen-bond acceptors (Lipinski definition) is 3. The highest BCUT2D eigenvalue weighted by Crippen LogP contribution is 2.34. The van der Waals surface area contributed by atoms with Crippen LogP contribution in [-0.2, 0) is 11.3 Å². The van der Waals surface area contributed by atoms with Crippen molar-refractivity contribution < 1.29 is 14.7 Å². The molecule has 0 saturated heterocycles. The summed E-state index contributed by atoms with van der Waals surface area (Å²) in [5.74, 6) is -0.148. The molecule has 0 heterocycles. The third-order valence-electron chi connectivity index (χ3n) is 5.55. The van der Waals surface area contributed by atoms with Crippen LogP contribution in [0.5, 0.6) is 0 Å². The average Bonchev–Trinajstić information content (AvgIpc) is 3.53. The minimum Gasteiger partial charge on any atom is -0.392 e. The van der Waals surface area contributed by atoms with Crippen LogP contribution in [-0.4, -0.2) is 40.0 Å². The third kappa shape index (κ3) is 3.87. The van der Waals surface area contributed by atoms with E-state index in [4.69, 9.17) is 0 Å². The molecule has 1 aromatic carbocycles. The molecular formula is C20H26N2O3. The maximum atomic E-state index is 12.8. The van der Waals surface area contributed by atoms with E-state index in [-0.39, 0.29) is 17.7 Å². The summed E-state index contributed by atoms with van der Waals surface area (Å²) in [6.07, 6.45) is 6.24. The number of carbonyl (C=O) groups excluding carboxylic acids is 2. The number of rotatable bonds is 6. The van der Waals surface area contributed by atoms with Crippen LogP contribution >= 0.6 is 0 Å². The number of hydrogen-bond donors (Lipinski definition) is 2. The lowest BCUT2D eigenvalue weighted by Gasteiger charge is -2.27. The Labute approximate surface area is 148 Å². The SMILES string of the molecule is O=C(NC1CC1)c1ccc(CN(C(=O)[C@H]2CCC[C@H]2O)C2CC2)cc1. The molecule has 5 heteroatoms. The van der Waals surface area contributed by atoms with Crippen molar-refractivity contribution in [1.82, 2.24) is 10.2 Å². The molecule has 0 aromatic heterocycles. The van der Waals surface area contributed by atoms with Gasteiger partial charge >= 0.3 is 0 Å². The highest BCUT2D eigenvalue weighted by Gasteiger charge is 2.40. The summed E-state index contributed by atoms with van der Waals surface area (Å²) in [6, 6.07) is 8.23. The molecule has 25 heavy (non-hydrogen) atoms. The lowest BCUT2D eigenvalue weighted by atomic mass is 10.0. The average molecular weight is 342 g/mol. The van der Waals surface area contributed by atoms with E-state index >= 15 is 0 Å². The first-order chi connectivity index (χ1) is 12.1. The molecule has 5 nitrogen and oxygen atoms in total. The molecule has 0 unspecified atom stereocenters. The molecule has 0 aliphatic heterocycles. The number of nitrogens with one attached hydrogen (secondary N) is 1. The maximum Gasteiger partial charge on any atom is 0.251 e. The van der Waals surface area contributed by atoms with E-state index in [9.17, 15) is 14.7 Å². The van der Waals surface area contributed by atoms with Crippen molar-refractivity contribution in [3.05, 3.63) is 35.4 Å². The summed E-state index contributed by atoms with van der Waals surface area (Å²) in [6.45, 7) is 0.567. The van der Waals surface area contributed by atoms with Crippen molar-refractivity contribution in [1.29, 1.82) is 0 Å². The Morgan fingerprint density at radius 3 is 2.32 bits per heavy atom. The topological polar surface area (TPSA) is 69.6 Å². The van der Waals surface area contributed by atoms with E-state index in [1.165, 1.54) is 0 Å². The zero-order valence-electron chi connectivity index (χ0n) is 14.5. The van der Waals surface area contributed by atoms with Crippen LogP contribution in [0.2, 0.25) is 0 Å². The lowest BCUT2D eigenvalue weighted by molar-refractivity contribution is -0.139. The number of amides is 2. The quantitative estimate of drug-likeness (QED) is 0.833. The van der Waals surface area contributed by atoms with E-state index in [1.807, 2.05) is 29.2 Å². The molecule has 0 radical (unpaired) electrons. The fourth-order valence-corrected chi connectivity index (χ4v) is 3.67. The van der Waals surface area contributed by atoms with Gasteiger partial charge in [-0.2, -0.15) is 0 Å². The Hall–Kier alpha value is -1.88. The molecule has 4 rings (SSSR count). The van der Waals surface area contributed by atoms with Crippen LogP contribution in [0.1, 0.15) is 60.9 Å². The van der Waals surface area contributed by atoms with Gasteiger partial charge in [-0.05, 0) is 62.6 Å². The highest BCUT2D eigenvalue weighted by molar-refractivity contribution is 5.94. The van der Waals surface area contributed by atoms with Crippen LogP contribution in [0.3, 0.4) is 0 Å². The van der Waals surface area contributed by atoms with Crippen molar-refractivity contribution in [3.8, 4) is 0 Å². The molecule has 0 bridgehead atoms. The zero-order valence-corrected chi connectivity index (χ0v) is 14.5. The summed E-state index contributed by atoms with van der Waals surface area (Å²) in [7, 11) is 0. The molecular weight excluding hydrogens is 316 g/mol. The van der Waals surface area contributed by atoms with Gasteiger partial charge in [-0.3, -0.25) is 9.59 Å². The van der Waals surface area contributed by atoms with Crippen LogP contribution in [0.25, 0.3) is 0 Å².